The van der Waals surface area contributed by atoms with Crippen LogP contribution in [0.25, 0.3) is 0 Å². The maximum absolute atomic E-state index is 12.4. The van der Waals surface area contributed by atoms with E-state index in [1.165, 1.54) is 289 Å². The molecule has 0 radical (unpaired) electrons. The van der Waals surface area contributed by atoms with Gasteiger partial charge >= 0.3 is 5.97 Å². The van der Waals surface area contributed by atoms with Crippen LogP contribution in [0.15, 0.2) is 12.2 Å². The monoisotopic (exact) mass is 1000 g/mol. The molecule has 0 heterocycles. The Morgan fingerprint density at radius 1 is 0.380 bits per heavy atom. The van der Waals surface area contributed by atoms with E-state index in [1.807, 2.05) is 0 Å². The van der Waals surface area contributed by atoms with E-state index in [0.717, 1.165) is 44.9 Å². The second kappa shape index (κ2) is 61.1. The number of carbonyl (C=O) groups excluding carboxylic acids is 2. The number of nitrogens with one attached hydrogen (secondary N) is 1. The first-order valence-electron chi connectivity index (χ1n) is 32.4. The molecule has 2 atom stereocenters. The fourth-order valence-corrected chi connectivity index (χ4v) is 10.3. The normalized spacial score (nSPS) is 12.6. The zero-order valence-electron chi connectivity index (χ0n) is 48.2. The molecule has 0 saturated carbocycles. The lowest BCUT2D eigenvalue weighted by molar-refractivity contribution is -0.143. The molecule has 0 aromatic rings. The van der Waals surface area contributed by atoms with Crippen LogP contribution in [0.3, 0.4) is 0 Å². The van der Waals surface area contributed by atoms with Gasteiger partial charge in [-0.05, 0) is 51.4 Å². The molecule has 0 aromatic carbocycles. The van der Waals surface area contributed by atoms with Crippen LogP contribution in [-0.2, 0) is 14.3 Å². The minimum Gasteiger partial charge on any atom is -0.466 e. The summed E-state index contributed by atoms with van der Waals surface area (Å²) < 4.78 is 5.50. The Kier molecular flexibility index (Phi) is 59.9. The van der Waals surface area contributed by atoms with Crippen molar-refractivity contribution in [2.45, 2.75) is 379 Å². The summed E-state index contributed by atoms with van der Waals surface area (Å²) in [6.07, 6.45) is 74.0. The first-order valence-corrected chi connectivity index (χ1v) is 32.4. The summed E-state index contributed by atoms with van der Waals surface area (Å²) in [6.45, 7) is 4.96. The molecule has 2 unspecified atom stereocenters. The van der Waals surface area contributed by atoms with Gasteiger partial charge in [0.15, 0.2) is 0 Å². The summed E-state index contributed by atoms with van der Waals surface area (Å²) >= 11 is 0. The van der Waals surface area contributed by atoms with Gasteiger partial charge in [0.2, 0.25) is 5.91 Å². The Morgan fingerprint density at radius 3 is 1.00 bits per heavy atom. The molecule has 6 heteroatoms. The van der Waals surface area contributed by atoms with Crippen LogP contribution in [0.2, 0.25) is 0 Å². The molecule has 6 nitrogen and oxygen atoms in total. The molecule has 0 fully saturated rings. The van der Waals surface area contributed by atoms with Crippen molar-refractivity contribution in [2.24, 2.45) is 0 Å². The van der Waals surface area contributed by atoms with Gasteiger partial charge in [0, 0.05) is 12.8 Å². The average molecular weight is 1000 g/mol. The van der Waals surface area contributed by atoms with Crippen LogP contribution in [0, 0.1) is 0 Å². The standard InChI is InChI=1S/C65H127NO5/c1-3-5-7-9-11-13-14-15-16-17-30-33-36-39-43-47-51-55-59-65(70)71-60-56-52-48-44-40-37-34-31-28-26-24-22-20-18-19-21-23-25-27-29-32-35-38-42-46-50-54-58-64(69)66-62(61-67)63(68)57-53-49-45-41-12-10-8-6-4-2/h16-17,62-63,67-68H,3-15,18-61H2,1-2H3,(H,66,69)/b17-16-. The third-order valence-corrected chi connectivity index (χ3v) is 15.3. The summed E-state index contributed by atoms with van der Waals surface area (Å²) in [6, 6.07) is -0.536. The van der Waals surface area contributed by atoms with Crippen LogP contribution in [0.5, 0.6) is 0 Å². The third kappa shape index (κ3) is 57.7. The molecule has 0 aliphatic carbocycles. The van der Waals surface area contributed by atoms with Crippen molar-refractivity contribution in [1.82, 2.24) is 5.32 Å². The maximum atomic E-state index is 12.4. The van der Waals surface area contributed by atoms with E-state index >= 15 is 0 Å². The Hall–Kier alpha value is -1.40. The molecule has 1 amide bonds. The van der Waals surface area contributed by atoms with Crippen molar-refractivity contribution in [2.75, 3.05) is 13.2 Å². The van der Waals surface area contributed by atoms with Crippen molar-refractivity contribution in [3.8, 4) is 0 Å². The van der Waals surface area contributed by atoms with Crippen LogP contribution < -0.4 is 5.32 Å². The van der Waals surface area contributed by atoms with Crippen molar-refractivity contribution in [3.05, 3.63) is 12.2 Å². The average Bonchev–Trinajstić information content (AvgIpc) is 3.37. The van der Waals surface area contributed by atoms with Gasteiger partial charge in [-0.1, -0.05) is 315 Å². The molecule has 0 spiro atoms. The number of esters is 1. The second-order valence-electron chi connectivity index (χ2n) is 22.5. The summed E-state index contributed by atoms with van der Waals surface area (Å²) in [5.74, 6) is -0.0173. The highest BCUT2D eigenvalue weighted by Gasteiger charge is 2.20. The second-order valence-corrected chi connectivity index (χ2v) is 22.5. The summed E-state index contributed by atoms with van der Waals surface area (Å²) in [4.78, 5) is 24.5. The van der Waals surface area contributed by atoms with E-state index in [4.69, 9.17) is 4.74 Å². The molecule has 422 valence electrons. The summed E-state index contributed by atoms with van der Waals surface area (Å²) in [7, 11) is 0. The van der Waals surface area contributed by atoms with Crippen molar-refractivity contribution in [1.29, 1.82) is 0 Å². The number of amides is 1. The van der Waals surface area contributed by atoms with Crippen LogP contribution in [0.4, 0.5) is 0 Å². The Bertz CT molecular complexity index is 1060. The van der Waals surface area contributed by atoms with E-state index in [0.29, 0.717) is 25.9 Å². The molecule has 0 aromatic heterocycles. The number of carbonyl (C=O) groups is 2. The molecule has 0 aliphatic rings. The maximum Gasteiger partial charge on any atom is 0.305 e. The van der Waals surface area contributed by atoms with Gasteiger partial charge in [0.05, 0.1) is 25.4 Å². The highest BCUT2D eigenvalue weighted by Crippen LogP contribution is 2.18. The van der Waals surface area contributed by atoms with Crippen LogP contribution in [0.1, 0.15) is 367 Å². The number of aliphatic hydroxyl groups excluding tert-OH is 2. The largest absolute Gasteiger partial charge is 0.466 e. The lowest BCUT2D eigenvalue weighted by Gasteiger charge is -2.22. The summed E-state index contributed by atoms with van der Waals surface area (Å²) in [5, 5.41) is 23.1. The number of hydrogen-bond acceptors (Lipinski definition) is 5. The quantitative estimate of drug-likeness (QED) is 0.0320. The molecule has 71 heavy (non-hydrogen) atoms. The SMILES string of the molecule is CCCCCCCCC/C=C\CCCCCCCCCC(=O)OCCCCCCCCCCCCCCCCCCCCCCCCCCCCCC(=O)NC(CO)C(O)CCCCCCCCCCC. The lowest BCUT2D eigenvalue weighted by atomic mass is 10.0. The number of ether oxygens (including phenoxy) is 1. The molecule has 0 aliphatic heterocycles. The van der Waals surface area contributed by atoms with Crippen molar-refractivity contribution >= 4 is 11.9 Å². The zero-order valence-corrected chi connectivity index (χ0v) is 48.2. The van der Waals surface area contributed by atoms with Crippen LogP contribution in [-0.4, -0.2) is 47.4 Å². The van der Waals surface area contributed by atoms with Gasteiger partial charge in [0.25, 0.3) is 0 Å². The van der Waals surface area contributed by atoms with Gasteiger partial charge in [-0.3, -0.25) is 9.59 Å². The predicted octanol–water partition coefficient (Wildman–Crippen LogP) is 20.4. The predicted molar refractivity (Wildman–Crippen MR) is 310 cm³/mol. The van der Waals surface area contributed by atoms with E-state index in [2.05, 4.69) is 31.3 Å². The van der Waals surface area contributed by atoms with E-state index < -0.39 is 12.1 Å². The fraction of sp³-hybridized carbons (Fsp3) is 0.938. The van der Waals surface area contributed by atoms with Gasteiger partial charge in [0.1, 0.15) is 0 Å². The number of aliphatic hydroxyl groups is 2. The molecule has 0 bridgehead atoms. The van der Waals surface area contributed by atoms with Gasteiger partial charge < -0.3 is 20.3 Å². The lowest BCUT2D eigenvalue weighted by Crippen LogP contribution is -2.45. The molecule has 3 N–H and O–H groups in total. The van der Waals surface area contributed by atoms with E-state index in [1.54, 1.807) is 0 Å². The topological polar surface area (TPSA) is 95.9 Å². The van der Waals surface area contributed by atoms with Gasteiger partial charge in [-0.25, -0.2) is 0 Å². The highest BCUT2D eigenvalue weighted by atomic mass is 16.5. The molecule has 0 saturated heterocycles. The number of rotatable bonds is 61. The van der Waals surface area contributed by atoms with Gasteiger partial charge in [-0.15, -0.1) is 0 Å². The zero-order chi connectivity index (χ0) is 51.4. The molecular weight excluding hydrogens is 875 g/mol. The fourth-order valence-electron chi connectivity index (χ4n) is 10.3. The van der Waals surface area contributed by atoms with Crippen LogP contribution >= 0.6 is 0 Å². The minimum absolute atomic E-state index is 0.0158. The van der Waals surface area contributed by atoms with Gasteiger partial charge in [-0.2, -0.15) is 0 Å². The first-order chi connectivity index (χ1) is 35.0. The minimum atomic E-state index is -0.659. The highest BCUT2D eigenvalue weighted by molar-refractivity contribution is 5.76. The molecule has 0 rings (SSSR count). The smallest absolute Gasteiger partial charge is 0.305 e. The Balaban J connectivity index is 3.30. The summed E-state index contributed by atoms with van der Waals surface area (Å²) in [5.41, 5.74) is 0. The number of hydrogen-bond donors (Lipinski definition) is 3. The van der Waals surface area contributed by atoms with Crippen molar-refractivity contribution < 1.29 is 24.5 Å². The van der Waals surface area contributed by atoms with E-state index in [9.17, 15) is 19.8 Å². The third-order valence-electron chi connectivity index (χ3n) is 15.3. The Labute approximate surface area is 444 Å². The number of allylic oxidation sites excluding steroid dienone is 2. The molecular formula is C65H127NO5. The number of unbranched alkanes of at least 4 members (excludes halogenated alkanes) is 48. The Morgan fingerprint density at radius 2 is 0.662 bits per heavy atom. The van der Waals surface area contributed by atoms with Crippen molar-refractivity contribution in [3.63, 3.8) is 0 Å². The van der Waals surface area contributed by atoms with E-state index in [-0.39, 0.29) is 18.5 Å². The first kappa shape index (κ1) is 69.6.